The van der Waals surface area contributed by atoms with E-state index in [2.05, 4.69) is 56.2 Å². The molecule has 0 fully saturated rings. The van der Waals surface area contributed by atoms with E-state index in [0.717, 1.165) is 46.6 Å². The molecule has 0 unspecified atom stereocenters. The van der Waals surface area contributed by atoms with E-state index in [9.17, 15) is 0 Å². The minimum absolute atomic E-state index is 0.475. The van der Waals surface area contributed by atoms with Crippen LogP contribution in [0.2, 0.25) is 0 Å². The Morgan fingerprint density at radius 3 is 2.19 bits per heavy atom. The van der Waals surface area contributed by atoms with Gasteiger partial charge in [0.25, 0.3) is 0 Å². The SMILES string of the molecule is C=C(CCC(=C)N1Cc2ccccc2/C(N)=C(/N(C)N)c2ccccc21)C(C)C.CC. The average molecular weight is 419 g/mol. The van der Waals surface area contributed by atoms with Gasteiger partial charge >= 0.3 is 0 Å². The Kier molecular flexibility index (Phi) is 8.52. The van der Waals surface area contributed by atoms with Crippen LogP contribution in [-0.2, 0) is 6.54 Å². The molecule has 0 spiro atoms. The van der Waals surface area contributed by atoms with Crippen molar-refractivity contribution >= 4 is 17.1 Å². The molecule has 0 aromatic heterocycles. The third-order valence-corrected chi connectivity index (χ3v) is 5.63. The Bertz CT molecular complexity index is 953. The first-order valence-corrected chi connectivity index (χ1v) is 11.1. The van der Waals surface area contributed by atoms with Gasteiger partial charge in [-0.2, -0.15) is 0 Å². The molecular formula is C27H38N4. The molecule has 1 aliphatic rings. The number of benzene rings is 2. The molecule has 1 heterocycles. The average Bonchev–Trinajstić information content (AvgIpc) is 2.76. The third kappa shape index (κ3) is 5.39. The summed E-state index contributed by atoms with van der Waals surface area (Å²) in [5.74, 6) is 6.72. The van der Waals surface area contributed by atoms with Crippen molar-refractivity contribution in [3.05, 3.63) is 89.6 Å². The number of rotatable bonds is 6. The number of hydrogen-bond acceptors (Lipinski definition) is 4. The summed E-state index contributed by atoms with van der Waals surface area (Å²) < 4.78 is 0. The largest absolute Gasteiger partial charge is 0.396 e. The van der Waals surface area contributed by atoms with E-state index in [0.29, 0.717) is 18.2 Å². The minimum Gasteiger partial charge on any atom is -0.396 e. The van der Waals surface area contributed by atoms with Gasteiger partial charge in [-0.25, -0.2) is 5.84 Å². The quantitative estimate of drug-likeness (QED) is 0.337. The van der Waals surface area contributed by atoms with Gasteiger partial charge in [-0.15, -0.1) is 0 Å². The zero-order valence-electron chi connectivity index (χ0n) is 19.8. The van der Waals surface area contributed by atoms with Crippen LogP contribution in [0.4, 0.5) is 5.69 Å². The normalized spacial score (nSPS) is 15.1. The molecule has 31 heavy (non-hydrogen) atoms. The molecule has 0 atom stereocenters. The van der Waals surface area contributed by atoms with Gasteiger partial charge in [0.1, 0.15) is 0 Å². The number of fused-ring (bicyclic) bond motifs is 2. The van der Waals surface area contributed by atoms with Crippen molar-refractivity contribution in [1.29, 1.82) is 0 Å². The van der Waals surface area contributed by atoms with Crippen molar-refractivity contribution in [2.75, 3.05) is 11.9 Å². The van der Waals surface area contributed by atoms with Gasteiger partial charge in [0.05, 0.1) is 17.1 Å². The molecule has 4 nitrogen and oxygen atoms in total. The molecule has 0 radical (unpaired) electrons. The van der Waals surface area contributed by atoms with Gasteiger partial charge in [-0.05, 0) is 30.4 Å². The lowest BCUT2D eigenvalue weighted by Crippen LogP contribution is -2.31. The Balaban J connectivity index is 0.00000166. The first-order valence-electron chi connectivity index (χ1n) is 11.1. The van der Waals surface area contributed by atoms with Crippen molar-refractivity contribution < 1.29 is 0 Å². The Morgan fingerprint density at radius 1 is 1.00 bits per heavy atom. The number of nitrogens with zero attached hydrogens (tertiary/aromatic N) is 2. The number of nitrogens with two attached hydrogens (primary N) is 2. The van der Waals surface area contributed by atoms with Gasteiger partial charge in [-0.3, -0.25) is 0 Å². The lowest BCUT2D eigenvalue weighted by atomic mass is 9.94. The van der Waals surface area contributed by atoms with Crippen LogP contribution in [0.1, 0.15) is 57.2 Å². The molecule has 0 saturated carbocycles. The molecule has 2 aromatic rings. The molecular weight excluding hydrogens is 380 g/mol. The standard InChI is InChI=1S/C25H32N4.C2H6/c1-17(2)18(3)14-15-19(4)29-16-20-10-6-7-11-21(20)24(26)25(28(5)27)22-12-8-9-13-23(22)29;1-2/h6-13,17H,3-4,14-16,26-27H2,1-2,5H3;1-2H3/b25-24-;. The molecule has 0 saturated heterocycles. The predicted octanol–water partition coefficient (Wildman–Crippen LogP) is 6.13. The van der Waals surface area contributed by atoms with Crippen LogP contribution in [0, 0.1) is 5.92 Å². The molecule has 4 N–H and O–H groups in total. The molecule has 4 heteroatoms. The number of hydrazine groups is 1. The summed E-state index contributed by atoms with van der Waals surface area (Å²) in [6.45, 7) is 17.7. The molecule has 0 amide bonds. The summed E-state index contributed by atoms with van der Waals surface area (Å²) in [6.07, 6.45) is 1.79. The van der Waals surface area contributed by atoms with E-state index in [4.69, 9.17) is 11.6 Å². The van der Waals surface area contributed by atoms with Crippen molar-refractivity contribution in [2.45, 2.75) is 47.1 Å². The van der Waals surface area contributed by atoms with Crippen LogP contribution in [0.15, 0.2) is 73.0 Å². The summed E-state index contributed by atoms with van der Waals surface area (Å²) in [7, 11) is 1.83. The van der Waals surface area contributed by atoms with Crippen molar-refractivity contribution in [1.82, 2.24) is 5.01 Å². The van der Waals surface area contributed by atoms with E-state index in [1.54, 1.807) is 5.01 Å². The Hall–Kier alpha value is -2.98. The first kappa shape index (κ1) is 24.3. The number of hydrogen-bond donors (Lipinski definition) is 2. The number of allylic oxidation sites excluding steroid dienone is 2. The highest BCUT2D eigenvalue weighted by Crippen LogP contribution is 2.38. The fourth-order valence-electron chi connectivity index (χ4n) is 3.75. The van der Waals surface area contributed by atoms with Crippen molar-refractivity contribution in [3.63, 3.8) is 0 Å². The van der Waals surface area contributed by atoms with E-state index < -0.39 is 0 Å². The second-order valence-electron chi connectivity index (χ2n) is 8.01. The van der Waals surface area contributed by atoms with Crippen molar-refractivity contribution in [3.8, 4) is 0 Å². The Morgan fingerprint density at radius 2 is 1.58 bits per heavy atom. The molecule has 0 aliphatic carbocycles. The minimum atomic E-state index is 0.475. The molecule has 3 rings (SSSR count). The fourth-order valence-corrected chi connectivity index (χ4v) is 3.75. The maximum Gasteiger partial charge on any atom is 0.0843 e. The smallest absolute Gasteiger partial charge is 0.0843 e. The second kappa shape index (κ2) is 10.9. The predicted molar refractivity (Wildman–Crippen MR) is 136 cm³/mol. The number of anilines is 1. The first-order chi connectivity index (χ1) is 14.8. The van der Waals surface area contributed by atoms with Gasteiger partial charge in [0, 0.05) is 30.4 Å². The summed E-state index contributed by atoms with van der Waals surface area (Å²) in [6, 6.07) is 16.5. The van der Waals surface area contributed by atoms with Crippen LogP contribution >= 0.6 is 0 Å². The highest BCUT2D eigenvalue weighted by atomic mass is 15.4. The molecule has 2 aromatic carbocycles. The molecule has 1 aliphatic heterocycles. The van der Waals surface area contributed by atoms with E-state index in [1.165, 1.54) is 5.57 Å². The highest BCUT2D eigenvalue weighted by Gasteiger charge is 2.25. The summed E-state index contributed by atoms with van der Waals surface area (Å²) in [5, 5.41) is 1.61. The monoisotopic (exact) mass is 418 g/mol. The van der Waals surface area contributed by atoms with Gasteiger partial charge < -0.3 is 15.6 Å². The van der Waals surface area contributed by atoms with Crippen LogP contribution in [0.3, 0.4) is 0 Å². The zero-order chi connectivity index (χ0) is 23.1. The van der Waals surface area contributed by atoms with Crippen LogP contribution < -0.4 is 16.5 Å². The summed E-state index contributed by atoms with van der Waals surface area (Å²) in [5.41, 5.74) is 14.7. The lowest BCUT2D eigenvalue weighted by Gasteiger charge is -2.34. The maximum absolute atomic E-state index is 6.63. The van der Waals surface area contributed by atoms with Crippen LogP contribution in [0.25, 0.3) is 11.4 Å². The second-order valence-corrected chi connectivity index (χ2v) is 8.01. The van der Waals surface area contributed by atoms with E-state index in [-0.39, 0.29) is 0 Å². The summed E-state index contributed by atoms with van der Waals surface area (Å²) in [4.78, 5) is 2.29. The molecule has 0 bridgehead atoms. The van der Waals surface area contributed by atoms with Crippen molar-refractivity contribution in [2.24, 2.45) is 17.5 Å². The van der Waals surface area contributed by atoms with Crippen LogP contribution in [-0.4, -0.2) is 12.1 Å². The third-order valence-electron chi connectivity index (χ3n) is 5.63. The Labute approximate surface area is 188 Å². The van der Waals surface area contributed by atoms with Gasteiger partial charge in [-0.1, -0.05) is 88.9 Å². The fraction of sp³-hybridized carbons (Fsp3) is 0.333. The van der Waals surface area contributed by atoms with Gasteiger partial charge in [0.2, 0.25) is 0 Å². The highest BCUT2D eigenvalue weighted by molar-refractivity contribution is 5.94. The summed E-state index contributed by atoms with van der Waals surface area (Å²) >= 11 is 0. The maximum atomic E-state index is 6.63. The lowest BCUT2D eigenvalue weighted by molar-refractivity contribution is 0.511. The van der Waals surface area contributed by atoms with E-state index in [1.807, 2.05) is 45.2 Å². The zero-order valence-corrected chi connectivity index (χ0v) is 19.8. The topological polar surface area (TPSA) is 58.5 Å². The van der Waals surface area contributed by atoms with Crippen LogP contribution in [0.5, 0.6) is 0 Å². The number of para-hydroxylation sites is 1. The molecule has 166 valence electrons. The van der Waals surface area contributed by atoms with Gasteiger partial charge in [0.15, 0.2) is 0 Å². The van der Waals surface area contributed by atoms with E-state index >= 15 is 0 Å².